The Labute approximate surface area is 205 Å². The molecule has 186 valence electrons. The number of alkyl carbamates (subject to hydrolysis) is 1. The standard InChI is InChI=1S/C26H23F2N3O5/c27-20-12-11-18(13-21(20)28)14-22(29-26(34)35-16-17-7-3-1-4-8-17)25(33)30-31-23(32)15-24(31)36-19-9-5-2-6-10-19/h1-13,22,24H,14-16H2,(H,29,34)(H,30,33)/t22-,24?/m0/s1. The molecule has 3 aromatic rings. The molecular formula is C26H23F2N3O5. The number of β-lactam (4-membered cyclic amide) rings is 1. The average molecular weight is 495 g/mol. The van der Waals surface area contributed by atoms with Gasteiger partial charge in [-0.1, -0.05) is 54.6 Å². The van der Waals surface area contributed by atoms with Gasteiger partial charge in [0.1, 0.15) is 18.4 Å². The monoisotopic (exact) mass is 495 g/mol. The van der Waals surface area contributed by atoms with Crippen LogP contribution in [0.2, 0.25) is 0 Å². The Kier molecular flexibility index (Phi) is 7.74. The molecule has 1 fully saturated rings. The van der Waals surface area contributed by atoms with E-state index in [9.17, 15) is 23.2 Å². The maximum atomic E-state index is 13.7. The molecule has 0 aliphatic carbocycles. The van der Waals surface area contributed by atoms with Crippen LogP contribution in [-0.2, 0) is 27.4 Å². The Morgan fingerprint density at radius 3 is 2.31 bits per heavy atom. The quantitative estimate of drug-likeness (QED) is 0.443. The van der Waals surface area contributed by atoms with Gasteiger partial charge in [0.25, 0.3) is 5.91 Å². The molecule has 1 aliphatic rings. The highest BCUT2D eigenvalue weighted by atomic mass is 19.2. The molecule has 2 N–H and O–H groups in total. The normalized spacial score (nSPS) is 15.4. The van der Waals surface area contributed by atoms with Crippen LogP contribution in [0, 0.1) is 11.6 Å². The zero-order valence-corrected chi connectivity index (χ0v) is 19.0. The SMILES string of the molecule is O=C(N[C@@H](Cc1ccc(F)c(F)c1)C(=O)NN1C(=O)CC1Oc1ccccc1)OCc1ccccc1. The molecule has 0 saturated carbocycles. The van der Waals surface area contributed by atoms with Crippen molar-refractivity contribution < 1.29 is 32.6 Å². The lowest BCUT2D eigenvalue weighted by Gasteiger charge is -2.40. The van der Waals surface area contributed by atoms with Crippen molar-refractivity contribution in [1.82, 2.24) is 15.8 Å². The van der Waals surface area contributed by atoms with Gasteiger partial charge in [0.2, 0.25) is 12.1 Å². The number of nitrogens with one attached hydrogen (secondary N) is 2. The third kappa shape index (κ3) is 6.35. The lowest BCUT2D eigenvalue weighted by molar-refractivity contribution is -0.173. The number of benzene rings is 3. The second-order valence-corrected chi connectivity index (χ2v) is 8.04. The predicted molar refractivity (Wildman–Crippen MR) is 124 cm³/mol. The number of amides is 3. The summed E-state index contributed by atoms with van der Waals surface area (Å²) in [6.07, 6.45) is -1.77. The van der Waals surface area contributed by atoms with Gasteiger partial charge in [0, 0.05) is 6.42 Å². The molecule has 1 saturated heterocycles. The molecular weight excluding hydrogens is 472 g/mol. The molecule has 1 unspecified atom stereocenters. The number of hydrazine groups is 1. The lowest BCUT2D eigenvalue weighted by atomic mass is 10.0. The highest BCUT2D eigenvalue weighted by Gasteiger charge is 2.40. The van der Waals surface area contributed by atoms with Crippen LogP contribution in [0.3, 0.4) is 0 Å². The number of para-hydroxylation sites is 1. The predicted octanol–water partition coefficient (Wildman–Crippen LogP) is 3.47. The van der Waals surface area contributed by atoms with Crippen molar-refractivity contribution in [2.45, 2.75) is 31.7 Å². The number of ether oxygens (including phenoxy) is 2. The first-order chi connectivity index (χ1) is 17.4. The Hall–Kier alpha value is -4.47. The Morgan fingerprint density at radius 1 is 0.944 bits per heavy atom. The molecule has 2 atom stereocenters. The van der Waals surface area contributed by atoms with Crippen LogP contribution >= 0.6 is 0 Å². The molecule has 3 aromatic carbocycles. The Bertz CT molecular complexity index is 1230. The maximum absolute atomic E-state index is 13.7. The van der Waals surface area contributed by atoms with E-state index in [-0.39, 0.29) is 30.9 Å². The van der Waals surface area contributed by atoms with E-state index in [0.29, 0.717) is 5.75 Å². The second-order valence-electron chi connectivity index (χ2n) is 8.04. The number of carbonyl (C=O) groups is 3. The molecule has 10 heteroatoms. The first kappa shape index (κ1) is 24.6. The van der Waals surface area contributed by atoms with Crippen LogP contribution in [-0.4, -0.2) is 35.2 Å². The minimum Gasteiger partial charge on any atom is -0.468 e. The van der Waals surface area contributed by atoms with E-state index >= 15 is 0 Å². The molecule has 8 nitrogen and oxygen atoms in total. The third-order valence-electron chi connectivity index (χ3n) is 5.40. The van der Waals surface area contributed by atoms with Crippen molar-refractivity contribution in [3.8, 4) is 5.75 Å². The van der Waals surface area contributed by atoms with Gasteiger partial charge in [0.05, 0.1) is 6.42 Å². The van der Waals surface area contributed by atoms with Crippen LogP contribution in [0.25, 0.3) is 0 Å². The van der Waals surface area contributed by atoms with E-state index < -0.39 is 35.9 Å². The summed E-state index contributed by atoms with van der Waals surface area (Å²) in [6.45, 7) is -0.0379. The third-order valence-corrected chi connectivity index (χ3v) is 5.40. The van der Waals surface area contributed by atoms with Crippen LogP contribution in [0.5, 0.6) is 5.75 Å². The van der Waals surface area contributed by atoms with Crippen molar-refractivity contribution in [1.29, 1.82) is 0 Å². The van der Waals surface area contributed by atoms with Gasteiger partial charge in [0.15, 0.2) is 11.6 Å². The van der Waals surface area contributed by atoms with Gasteiger partial charge in [-0.25, -0.2) is 18.6 Å². The van der Waals surface area contributed by atoms with Crippen LogP contribution in [0.1, 0.15) is 17.5 Å². The van der Waals surface area contributed by atoms with Crippen molar-refractivity contribution in [2.24, 2.45) is 0 Å². The minimum atomic E-state index is -1.26. The number of nitrogens with zero attached hydrogens (tertiary/aromatic N) is 1. The zero-order valence-electron chi connectivity index (χ0n) is 19.0. The molecule has 1 aliphatic heterocycles. The second kappa shape index (κ2) is 11.3. The van der Waals surface area contributed by atoms with E-state index in [4.69, 9.17) is 9.47 Å². The molecule has 0 aromatic heterocycles. The number of rotatable bonds is 9. The molecule has 0 bridgehead atoms. The molecule has 1 heterocycles. The number of hydrogen-bond donors (Lipinski definition) is 2. The molecule has 0 radical (unpaired) electrons. The molecule has 4 rings (SSSR count). The Balaban J connectivity index is 1.43. The van der Waals surface area contributed by atoms with E-state index in [1.807, 2.05) is 12.1 Å². The summed E-state index contributed by atoms with van der Waals surface area (Å²) < 4.78 is 38.0. The van der Waals surface area contributed by atoms with Gasteiger partial charge < -0.3 is 14.8 Å². The first-order valence-electron chi connectivity index (χ1n) is 11.1. The van der Waals surface area contributed by atoms with Crippen molar-refractivity contribution in [2.75, 3.05) is 0 Å². The Morgan fingerprint density at radius 2 is 1.64 bits per heavy atom. The van der Waals surface area contributed by atoms with E-state index in [1.165, 1.54) is 6.07 Å². The van der Waals surface area contributed by atoms with Crippen LogP contribution < -0.4 is 15.5 Å². The number of halogens is 2. The lowest BCUT2D eigenvalue weighted by Crippen LogP contribution is -2.65. The van der Waals surface area contributed by atoms with Gasteiger partial charge in [-0.2, -0.15) is 0 Å². The largest absolute Gasteiger partial charge is 0.468 e. The first-order valence-corrected chi connectivity index (χ1v) is 11.1. The molecule has 0 spiro atoms. The maximum Gasteiger partial charge on any atom is 0.408 e. The average Bonchev–Trinajstić information content (AvgIpc) is 2.88. The summed E-state index contributed by atoms with van der Waals surface area (Å²) in [7, 11) is 0. The van der Waals surface area contributed by atoms with E-state index in [2.05, 4.69) is 10.7 Å². The highest BCUT2D eigenvalue weighted by molar-refractivity contribution is 5.90. The molecule has 3 amide bonds. The van der Waals surface area contributed by atoms with E-state index in [0.717, 1.165) is 22.7 Å². The fraction of sp³-hybridized carbons (Fsp3) is 0.192. The zero-order chi connectivity index (χ0) is 25.5. The van der Waals surface area contributed by atoms with Gasteiger partial charge >= 0.3 is 6.09 Å². The summed E-state index contributed by atoms with van der Waals surface area (Å²) in [6, 6.07) is 19.6. The summed E-state index contributed by atoms with van der Waals surface area (Å²) in [5.74, 6) is -2.77. The van der Waals surface area contributed by atoms with Gasteiger partial charge in [-0.15, -0.1) is 0 Å². The van der Waals surface area contributed by atoms with Gasteiger partial charge in [-0.05, 0) is 35.4 Å². The van der Waals surface area contributed by atoms with Crippen LogP contribution in [0.15, 0.2) is 78.9 Å². The fourth-order valence-electron chi connectivity index (χ4n) is 3.49. The number of carbonyl (C=O) groups excluding carboxylic acids is 3. The summed E-state index contributed by atoms with van der Waals surface area (Å²) in [4.78, 5) is 37.6. The van der Waals surface area contributed by atoms with Gasteiger partial charge in [-0.3, -0.25) is 15.0 Å². The topological polar surface area (TPSA) is 97.0 Å². The minimum absolute atomic E-state index is 0.0379. The van der Waals surface area contributed by atoms with Crippen molar-refractivity contribution in [3.63, 3.8) is 0 Å². The highest BCUT2D eigenvalue weighted by Crippen LogP contribution is 2.22. The summed E-state index contributed by atoms with van der Waals surface area (Å²) in [5, 5.41) is 3.45. The summed E-state index contributed by atoms with van der Waals surface area (Å²) >= 11 is 0. The smallest absolute Gasteiger partial charge is 0.408 e. The van der Waals surface area contributed by atoms with E-state index in [1.54, 1.807) is 48.5 Å². The van der Waals surface area contributed by atoms with Crippen molar-refractivity contribution >= 4 is 17.9 Å². The summed E-state index contributed by atoms with van der Waals surface area (Å²) in [5.41, 5.74) is 3.44. The molecule has 36 heavy (non-hydrogen) atoms. The number of hydrogen-bond acceptors (Lipinski definition) is 5. The fourth-order valence-corrected chi connectivity index (χ4v) is 3.49. The van der Waals surface area contributed by atoms with Crippen LogP contribution in [0.4, 0.5) is 13.6 Å². The van der Waals surface area contributed by atoms with Crippen molar-refractivity contribution in [3.05, 3.63) is 102 Å².